The first-order chi connectivity index (χ1) is 11.9. The van der Waals surface area contributed by atoms with Crippen LogP contribution in [0, 0.1) is 5.41 Å². The Bertz CT molecular complexity index is 687. The smallest absolute Gasteiger partial charge is 0.404 e. The van der Waals surface area contributed by atoms with Gasteiger partial charge in [0.15, 0.2) is 12.0 Å². The van der Waals surface area contributed by atoms with Crippen molar-refractivity contribution in [3.63, 3.8) is 0 Å². The van der Waals surface area contributed by atoms with Crippen molar-refractivity contribution in [2.45, 2.75) is 18.8 Å². The first-order valence-electron chi connectivity index (χ1n) is 7.32. The number of likely N-dealkylation sites (tertiary alicyclic amines) is 1. The predicted octanol–water partition coefficient (Wildman–Crippen LogP) is 2.51. The van der Waals surface area contributed by atoms with Gasteiger partial charge in [-0.2, -0.15) is 26.3 Å². The number of para-hydroxylation sites is 1. The minimum atomic E-state index is -5.55. The maximum Gasteiger partial charge on any atom is 0.404 e. The molecule has 1 aromatic carbocycles. The Kier molecular flexibility index (Phi) is 5.11. The first kappa shape index (κ1) is 19.9. The third kappa shape index (κ3) is 3.56. The second-order valence-electron chi connectivity index (χ2n) is 5.81. The number of benzene rings is 1. The number of amides is 2. The van der Waals surface area contributed by atoms with Gasteiger partial charge in [0.2, 0.25) is 0 Å². The summed E-state index contributed by atoms with van der Waals surface area (Å²) >= 11 is 0. The lowest BCUT2D eigenvalue weighted by Crippen LogP contribution is -2.52. The fourth-order valence-corrected chi connectivity index (χ4v) is 2.69. The molecule has 1 heterocycles. The van der Waals surface area contributed by atoms with Gasteiger partial charge in [0.25, 0.3) is 11.8 Å². The summed E-state index contributed by atoms with van der Waals surface area (Å²) in [5.41, 5.74) is 0.681. The zero-order valence-electron chi connectivity index (χ0n) is 13.2. The normalized spacial score (nSPS) is 17.2. The summed E-state index contributed by atoms with van der Waals surface area (Å²) in [6.07, 6.45) is -12.4. The fourth-order valence-electron chi connectivity index (χ4n) is 2.69. The predicted molar refractivity (Wildman–Crippen MR) is 76.2 cm³/mol. The van der Waals surface area contributed by atoms with E-state index in [2.05, 4.69) is 0 Å². The lowest BCUT2D eigenvalue weighted by atomic mass is 9.85. The van der Waals surface area contributed by atoms with Crippen LogP contribution in [-0.2, 0) is 4.79 Å². The van der Waals surface area contributed by atoms with Crippen molar-refractivity contribution in [1.29, 1.82) is 0 Å². The number of alkyl halides is 6. The van der Waals surface area contributed by atoms with Gasteiger partial charge in [-0.15, -0.1) is 0 Å². The highest BCUT2D eigenvalue weighted by atomic mass is 19.4. The Morgan fingerprint density at radius 2 is 1.69 bits per heavy atom. The maximum absolute atomic E-state index is 13.1. The van der Waals surface area contributed by atoms with Gasteiger partial charge in [-0.05, 0) is 18.6 Å². The molecule has 0 saturated carbocycles. The number of hydrogen-bond acceptors (Lipinski definition) is 3. The standard InChI is InChI=1S/C15H14F6N2O3/c16-14(17,18)13(15(19,20)21)5-6-23(8-13)12(25)9-3-1-2-4-10(9)26-7-11(22)24/h1-4H,5-8H2,(H2,22,24). The van der Waals surface area contributed by atoms with Gasteiger partial charge in [0.1, 0.15) is 5.75 Å². The quantitative estimate of drug-likeness (QED) is 0.811. The summed E-state index contributed by atoms with van der Waals surface area (Å²) in [6, 6.07) is 5.22. The van der Waals surface area contributed by atoms with Gasteiger partial charge in [-0.25, -0.2) is 0 Å². The van der Waals surface area contributed by atoms with Crippen LogP contribution in [0.3, 0.4) is 0 Å². The van der Waals surface area contributed by atoms with Crippen LogP contribution in [0.15, 0.2) is 24.3 Å². The molecular formula is C15H14F6N2O3. The van der Waals surface area contributed by atoms with E-state index in [1.807, 2.05) is 0 Å². The van der Waals surface area contributed by atoms with Gasteiger partial charge in [0.05, 0.1) is 5.56 Å². The molecule has 0 spiro atoms. The van der Waals surface area contributed by atoms with E-state index in [9.17, 15) is 35.9 Å². The van der Waals surface area contributed by atoms with E-state index in [0.29, 0.717) is 4.90 Å². The molecule has 1 fully saturated rings. The van der Waals surface area contributed by atoms with E-state index in [1.54, 1.807) is 0 Å². The Morgan fingerprint density at radius 3 is 2.19 bits per heavy atom. The molecule has 2 rings (SSSR count). The van der Waals surface area contributed by atoms with E-state index < -0.39 is 55.7 Å². The zero-order chi connectivity index (χ0) is 19.8. The van der Waals surface area contributed by atoms with Gasteiger partial charge in [-0.3, -0.25) is 9.59 Å². The summed E-state index contributed by atoms with van der Waals surface area (Å²) in [6.45, 7) is -2.86. The summed E-state index contributed by atoms with van der Waals surface area (Å²) in [4.78, 5) is 23.7. The molecule has 26 heavy (non-hydrogen) atoms. The van der Waals surface area contributed by atoms with Crippen LogP contribution in [0.1, 0.15) is 16.8 Å². The average Bonchev–Trinajstić information content (AvgIpc) is 2.99. The molecule has 0 bridgehead atoms. The van der Waals surface area contributed by atoms with Crippen molar-refractivity contribution >= 4 is 11.8 Å². The molecule has 1 saturated heterocycles. The highest BCUT2D eigenvalue weighted by Crippen LogP contribution is 2.55. The number of nitrogens with zero attached hydrogens (tertiary/aromatic N) is 1. The number of rotatable bonds is 4. The molecule has 5 nitrogen and oxygen atoms in total. The van der Waals surface area contributed by atoms with Crippen LogP contribution in [0.4, 0.5) is 26.3 Å². The number of carbonyl (C=O) groups excluding carboxylic acids is 2. The van der Waals surface area contributed by atoms with Crippen molar-refractivity contribution in [1.82, 2.24) is 4.90 Å². The topological polar surface area (TPSA) is 72.6 Å². The molecule has 0 radical (unpaired) electrons. The SMILES string of the molecule is NC(=O)COc1ccccc1C(=O)N1CCC(C(F)(F)F)(C(F)(F)F)C1. The molecule has 1 aliphatic heterocycles. The minimum absolute atomic E-state index is 0.159. The Balaban J connectivity index is 2.29. The van der Waals surface area contributed by atoms with Gasteiger partial charge >= 0.3 is 12.4 Å². The molecule has 1 aliphatic rings. The van der Waals surface area contributed by atoms with E-state index in [0.717, 1.165) is 0 Å². The maximum atomic E-state index is 13.1. The fraction of sp³-hybridized carbons (Fsp3) is 0.467. The lowest BCUT2D eigenvalue weighted by molar-refractivity contribution is -0.334. The number of nitrogens with two attached hydrogens (primary N) is 1. The van der Waals surface area contributed by atoms with Crippen molar-refractivity contribution in [2.24, 2.45) is 11.1 Å². The van der Waals surface area contributed by atoms with Crippen molar-refractivity contribution < 1.29 is 40.7 Å². The van der Waals surface area contributed by atoms with E-state index in [4.69, 9.17) is 10.5 Å². The summed E-state index contributed by atoms with van der Waals surface area (Å²) in [7, 11) is 0. The van der Waals surface area contributed by atoms with Crippen molar-refractivity contribution in [3.8, 4) is 5.75 Å². The molecule has 2 N–H and O–H groups in total. The van der Waals surface area contributed by atoms with Crippen LogP contribution < -0.4 is 10.5 Å². The third-order valence-corrected chi connectivity index (χ3v) is 4.13. The zero-order valence-corrected chi connectivity index (χ0v) is 13.2. The van der Waals surface area contributed by atoms with E-state index >= 15 is 0 Å². The molecule has 11 heteroatoms. The molecule has 0 unspecified atom stereocenters. The number of ether oxygens (including phenoxy) is 1. The number of halogens is 6. The van der Waals surface area contributed by atoms with Crippen molar-refractivity contribution in [3.05, 3.63) is 29.8 Å². The van der Waals surface area contributed by atoms with Gasteiger partial charge in [0, 0.05) is 13.1 Å². The summed E-state index contributed by atoms with van der Waals surface area (Å²) in [5.74, 6) is -2.07. The molecular weight excluding hydrogens is 370 g/mol. The molecule has 0 atom stereocenters. The summed E-state index contributed by atoms with van der Waals surface area (Å²) in [5, 5.41) is 0. The molecule has 144 valence electrons. The number of carbonyl (C=O) groups is 2. The first-order valence-corrected chi connectivity index (χ1v) is 7.32. The lowest BCUT2D eigenvalue weighted by Gasteiger charge is -2.33. The second kappa shape index (κ2) is 6.69. The Hall–Kier alpha value is -2.46. The monoisotopic (exact) mass is 384 g/mol. The van der Waals surface area contributed by atoms with Crippen LogP contribution >= 0.6 is 0 Å². The van der Waals surface area contributed by atoms with Gasteiger partial charge in [-0.1, -0.05) is 12.1 Å². The van der Waals surface area contributed by atoms with Gasteiger partial charge < -0.3 is 15.4 Å². The average molecular weight is 384 g/mol. The van der Waals surface area contributed by atoms with E-state index in [-0.39, 0.29) is 11.3 Å². The van der Waals surface area contributed by atoms with Crippen LogP contribution in [0.5, 0.6) is 5.75 Å². The molecule has 2 amide bonds. The molecule has 0 aliphatic carbocycles. The molecule has 0 aromatic heterocycles. The number of hydrogen-bond donors (Lipinski definition) is 1. The Labute approximate surface area is 143 Å². The van der Waals surface area contributed by atoms with Crippen LogP contribution in [0.25, 0.3) is 0 Å². The second-order valence-corrected chi connectivity index (χ2v) is 5.81. The highest BCUT2D eigenvalue weighted by molar-refractivity contribution is 5.97. The van der Waals surface area contributed by atoms with Crippen LogP contribution in [-0.4, -0.2) is 48.8 Å². The minimum Gasteiger partial charge on any atom is -0.483 e. The third-order valence-electron chi connectivity index (χ3n) is 4.13. The molecule has 1 aromatic rings. The Morgan fingerprint density at radius 1 is 1.12 bits per heavy atom. The largest absolute Gasteiger partial charge is 0.483 e. The van der Waals surface area contributed by atoms with Crippen LogP contribution in [0.2, 0.25) is 0 Å². The highest BCUT2D eigenvalue weighted by Gasteiger charge is 2.72. The summed E-state index contributed by atoms with van der Waals surface area (Å²) < 4.78 is 83.6. The van der Waals surface area contributed by atoms with Crippen molar-refractivity contribution in [2.75, 3.05) is 19.7 Å². The number of primary amides is 1. The van der Waals surface area contributed by atoms with E-state index in [1.165, 1.54) is 24.3 Å².